The molecule has 0 unspecified atom stereocenters. The number of halogens is 1. The molecular weight excluding hydrogens is 310 g/mol. The second kappa shape index (κ2) is 5.32. The summed E-state index contributed by atoms with van der Waals surface area (Å²) in [7, 11) is -3.24. The van der Waals surface area contributed by atoms with Crippen LogP contribution in [0.25, 0.3) is 11.0 Å². The van der Waals surface area contributed by atoms with Crippen molar-refractivity contribution in [1.29, 1.82) is 5.26 Å². The summed E-state index contributed by atoms with van der Waals surface area (Å²) in [5.41, 5.74) is 1.73. The number of benzene rings is 1. The molecule has 0 bridgehead atoms. The first-order chi connectivity index (χ1) is 9.71. The smallest absolute Gasteiger partial charge is 0.154 e. The van der Waals surface area contributed by atoms with Gasteiger partial charge in [0.15, 0.2) is 9.84 Å². The summed E-state index contributed by atoms with van der Waals surface area (Å²) in [6.45, 7) is 3.57. The van der Waals surface area contributed by atoms with Crippen molar-refractivity contribution in [2.24, 2.45) is 0 Å². The second-order valence-electron chi connectivity index (χ2n) is 5.56. The number of nitrogens with zero attached hydrogens (tertiary/aromatic N) is 3. The molecule has 2 aromatic rings. The van der Waals surface area contributed by atoms with Gasteiger partial charge in [0.25, 0.3) is 0 Å². The number of alkyl halides is 1. The zero-order valence-electron chi connectivity index (χ0n) is 12.1. The van der Waals surface area contributed by atoms with E-state index in [9.17, 15) is 8.42 Å². The highest BCUT2D eigenvalue weighted by Gasteiger charge is 2.32. The minimum Gasteiger partial charge on any atom is -0.325 e. The van der Waals surface area contributed by atoms with Crippen molar-refractivity contribution in [3.63, 3.8) is 0 Å². The third-order valence-corrected chi connectivity index (χ3v) is 6.02. The van der Waals surface area contributed by atoms with E-state index in [2.05, 4.69) is 11.1 Å². The number of fused-ring (bicyclic) bond motifs is 1. The van der Waals surface area contributed by atoms with Gasteiger partial charge in [-0.3, -0.25) is 0 Å². The van der Waals surface area contributed by atoms with Gasteiger partial charge in [-0.1, -0.05) is 6.07 Å². The molecule has 1 heterocycles. The molecule has 0 fully saturated rings. The van der Waals surface area contributed by atoms with Gasteiger partial charge in [0.05, 0.1) is 21.7 Å². The molecule has 0 spiro atoms. The van der Waals surface area contributed by atoms with Crippen LogP contribution >= 0.6 is 11.6 Å². The monoisotopic (exact) mass is 325 g/mol. The number of aromatic nitrogens is 2. The molecule has 112 valence electrons. The second-order valence-corrected chi connectivity index (χ2v) is 8.48. The molecular formula is C14H16ClN3O2S. The lowest BCUT2D eigenvalue weighted by atomic mass is 10.2. The first kappa shape index (κ1) is 15.8. The van der Waals surface area contributed by atoms with Crippen molar-refractivity contribution < 1.29 is 8.42 Å². The fourth-order valence-corrected chi connectivity index (χ4v) is 2.63. The Hall–Kier alpha value is -1.58. The van der Waals surface area contributed by atoms with Gasteiger partial charge in [-0.15, -0.1) is 11.6 Å². The van der Waals surface area contributed by atoms with E-state index in [0.717, 1.165) is 5.52 Å². The van der Waals surface area contributed by atoms with E-state index in [1.165, 1.54) is 6.26 Å². The summed E-state index contributed by atoms with van der Waals surface area (Å²) in [5.74, 6) is 0.713. The standard InChI is InChI=1S/C14H16ClN3O2S/c1-14(2,21(3,19)20)9-18-11-6-4-5-10(8-16)13(11)17-12(18)7-15/h4-6H,7,9H2,1-3H3. The Morgan fingerprint density at radius 3 is 2.62 bits per heavy atom. The van der Waals surface area contributed by atoms with Gasteiger partial charge in [-0.05, 0) is 26.0 Å². The Labute approximate surface area is 129 Å². The van der Waals surface area contributed by atoms with Crippen LogP contribution < -0.4 is 0 Å². The van der Waals surface area contributed by atoms with Gasteiger partial charge in [-0.25, -0.2) is 13.4 Å². The molecule has 21 heavy (non-hydrogen) atoms. The predicted octanol–water partition coefficient (Wildman–Crippen LogP) is 2.47. The first-order valence-electron chi connectivity index (χ1n) is 6.35. The van der Waals surface area contributed by atoms with Gasteiger partial charge in [0, 0.05) is 12.8 Å². The molecule has 0 atom stereocenters. The maximum atomic E-state index is 11.9. The summed E-state index contributed by atoms with van der Waals surface area (Å²) in [5, 5.41) is 9.14. The van der Waals surface area contributed by atoms with Crippen molar-refractivity contribution in [2.75, 3.05) is 6.26 Å². The molecule has 1 aromatic heterocycles. The quantitative estimate of drug-likeness (QED) is 0.809. The number of para-hydroxylation sites is 1. The van der Waals surface area contributed by atoms with Crippen molar-refractivity contribution in [1.82, 2.24) is 9.55 Å². The maximum Gasteiger partial charge on any atom is 0.154 e. The van der Waals surface area contributed by atoms with Gasteiger partial charge < -0.3 is 4.57 Å². The molecule has 0 amide bonds. The molecule has 5 nitrogen and oxygen atoms in total. The topological polar surface area (TPSA) is 75.8 Å². The van der Waals surface area contributed by atoms with Crippen LogP contribution in [0.5, 0.6) is 0 Å². The fourth-order valence-electron chi connectivity index (χ4n) is 2.06. The summed E-state index contributed by atoms with van der Waals surface area (Å²) in [6.07, 6.45) is 1.22. The Morgan fingerprint density at radius 1 is 1.43 bits per heavy atom. The summed E-state index contributed by atoms with van der Waals surface area (Å²) < 4.78 is 24.7. The lowest BCUT2D eigenvalue weighted by Gasteiger charge is -2.24. The van der Waals surface area contributed by atoms with Crippen LogP contribution in [0.15, 0.2) is 18.2 Å². The number of nitriles is 1. The molecule has 0 N–H and O–H groups in total. The highest BCUT2D eigenvalue weighted by Crippen LogP contribution is 2.25. The molecule has 0 aliphatic heterocycles. The number of imidazole rings is 1. The number of rotatable bonds is 4. The third kappa shape index (κ3) is 2.76. The summed E-state index contributed by atoms with van der Waals surface area (Å²) >= 11 is 5.93. The average molecular weight is 326 g/mol. The van der Waals surface area contributed by atoms with E-state index in [0.29, 0.717) is 16.9 Å². The lowest BCUT2D eigenvalue weighted by molar-refractivity contribution is 0.503. The SMILES string of the molecule is CC(C)(Cn1c(CCl)nc2c(C#N)cccc21)S(C)(=O)=O. The highest BCUT2D eigenvalue weighted by atomic mass is 35.5. The molecule has 0 saturated heterocycles. The van der Waals surface area contributed by atoms with Crippen LogP contribution in [-0.4, -0.2) is 29.0 Å². The van der Waals surface area contributed by atoms with E-state index < -0.39 is 14.6 Å². The minimum atomic E-state index is -3.24. The van der Waals surface area contributed by atoms with Crippen molar-refractivity contribution >= 4 is 32.5 Å². The minimum absolute atomic E-state index is 0.152. The van der Waals surface area contributed by atoms with E-state index in [1.807, 2.05) is 6.07 Å². The van der Waals surface area contributed by atoms with Crippen molar-refractivity contribution in [3.05, 3.63) is 29.6 Å². The lowest BCUT2D eigenvalue weighted by Crippen LogP contribution is -2.36. The average Bonchev–Trinajstić information content (AvgIpc) is 2.75. The Balaban J connectivity index is 2.67. The van der Waals surface area contributed by atoms with Crippen molar-refractivity contribution in [3.8, 4) is 6.07 Å². The molecule has 0 saturated carbocycles. The van der Waals surface area contributed by atoms with Gasteiger partial charge in [0.1, 0.15) is 17.4 Å². The van der Waals surface area contributed by atoms with Crippen LogP contribution in [0.1, 0.15) is 25.2 Å². The zero-order chi connectivity index (χ0) is 15.8. The highest BCUT2D eigenvalue weighted by molar-refractivity contribution is 7.92. The molecule has 2 rings (SSSR count). The fraction of sp³-hybridized carbons (Fsp3) is 0.429. The number of sulfone groups is 1. The van der Waals surface area contributed by atoms with E-state index in [4.69, 9.17) is 16.9 Å². The summed E-state index contributed by atoms with van der Waals surface area (Å²) in [4.78, 5) is 4.38. The van der Waals surface area contributed by atoms with E-state index >= 15 is 0 Å². The number of hydrogen-bond donors (Lipinski definition) is 0. The predicted molar refractivity (Wildman–Crippen MR) is 82.9 cm³/mol. The van der Waals surface area contributed by atoms with Crippen LogP contribution in [0.2, 0.25) is 0 Å². The molecule has 1 aromatic carbocycles. The normalized spacial score (nSPS) is 12.5. The molecule has 0 aliphatic rings. The largest absolute Gasteiger partial charge is 0.325 e. The first-order valence-corrected chi connectivity index (χ1v) is 8.77. The van der Waals surface area contributed by atoms with Crippen LogP contribution in [0, 0.1) is 11.3 Å². The van der Waals surface area contributed by atoms with Crippen LogP contribution in [0.3, 0.4) is 0 Å². The maximum absolute atomic E-state index is 11.9. The molecule has 0 radical (unpaired) electrons. The Morgan fingerprint density at radius 2 is 2.10 bits per heavy atom. The molecule has 0 aliphatic carbocycles. The van der Waals surface area contributed by atoms with Crippen molar-refractivity contribution in [2.45, 2.75) is 31.0 Å². The zero-order valence-corrected chi connectivity index (χ0v) is 13.7. The van der Waals surface area contributed by atoms with Crippen LogP contribution in [-0.2, 0) is 22.3 Å². The summed E-state index contributed by atoms with van der Waals surface area (Å²) in [6, 6.07) is 7.34. The van der Waals surface area contributed by atoms with E-state index in [1.54, 1.807) is 30.5 Å². The molecule has 7 heteroatoms. The Bertz CT molecular complexity index is 832. The third-order valence-electron chi connectivity index (χ3n) is 3.64. The van der Waals surface area contributed by atoms with E-state index in [-0.39, 0.29) is 12.4 Å². The van der Waals surface area contributed by atoms with Gasteiger partial charge >= 0.3 is 0 Å². The van der Waals surface area contributed by atoms with Gasteiger partial charge in [0.2, 0.25) is 0 Å². The number of hydrogen-bond acceptors (Lipinski definition) is 4. The Kier molecular flexibility index (Phi) is 4.00. The van der Waals surface area contributed by atoms with Crippen LogP contribution in [0.4, 0.5) is 0 Å². The van der Waals surface area contributed by atoms with Gasteiger partial charge in [-0.2, -0.15) is 5.26 Å².